The molecular weight excluding hydrogens is 228 g/mol. The molecule has 0 aliphatic heterocycles. The average molecular weight is 246 g/mol. The molecule has 0 fully saturated rings. The van der Waals surface area contributed by atoms with Crippen LogP contribution in [0.25, 0.3) is 0 Å². The van der Waals surface area contributed by atoms with Crippen LogP contribution in [0.15, 0.2) is 36.7 Å². The normalized spacial score (nSPS) is 10.2. The van der Waals surface area contributed by atoms with Crippen LogP contribution in [0, 0.1) is 0 Å². The molecule has 0 aliphatic carbocycles. The van der Waals surface area contributed by atoms with Gasteiger partial charge in [0.25, 0.3) is 0 Å². The topological polar surface area (TPSA) is 35.4 Å². The number of rotatable bonds is 5. The van der Waals surface area contributed by atoms with Crippen molar-refractivity contribution in [1.29, 1.82) is 0 Å². The van der Waals surface area contributed by atoms with E-state index in [0.717, 1.165) is 23.7 Å². The highest BCUT2D eigenvalue weighted by atomic mass is 16.5. The molecule has 2 aromatic rings. The number of aryl methyl sites for hydroxylation is 1. The molecule has 96 valence electrons. The Morgan fingerprint density at radius 1 is 1.17 bits per heavy atom. The second kappa shape index (κ2) is 5.49. The van der Waals surface area contributed by atoms with Gasteiger partial charge >= 0.3 is 0 Å². The smallest absolute Gasteiger partial charge is 0.142 e. The summed E-state index contributed by atoms with van der Waals surface area (Å²) < 4.78 is 12.6. The van der Waals surface area contributed by atoms with Crippen molar-refractivity contribution >= 4 is 5.69 Å². The predicted octanol–water partition coefficient (Wildman–Crippen LogP) is 2.65. The standard InChI is InChI=1S/C14H18N2O2/c1-16-7-6-11(10-16)9-15-13-8-12(17-2)4-5-14(13)18-3/h4-8,10,15H,9H2,1-3H3. The number of benzene rings is 1. The largest absolute Gasteiger partial charge is 0.497 e. The minimum Gasteiger partial charge on any atom is -0.497 e. The molecule has 0 saturated carbocycles. The van der Waals surface area contributed by atoms with Crippen LogP contribution in [0.5, 0.6) is 11.5 Å². The van der Waals surface area contributed by atoms with Crippen LogP contribution in [-0.2, 0) is 13.6 Å². The van der Waals surface area contributed by atoms with Gasteiger partial charge in [0.15, 0.2) is 0 Å². The van der Waals surface area contributed by atoms with E-state index in [9.17, 15) is 0 Å². The SMILES string of the molecule is COc1ccc(OC)c(NCc2ccn(C)c2)c1. The molecule has 1 N–H and O–H groups in total. The molecule has 0 aliphatic rings. The van der Waals surface area contributed by atoms with Gasteiger partial charge in [-0.1, -0.05) is 0 Å². The number of hydrogen-bond donors (Lipinski definition) is 1. The predicted molar refractivity (Wildman–Crippen MR) is 72.3 cm³/mol. The van der Waals surface area contributed by atoms with E-state index in [1.807, 2.05) is 36.0 Å². The summed E-state index contributed by atoms with van der Waals surface area (Å²) in [5.41, 5.74) is 2.16. The lowest BCUT2D eigenvalue weighted by molar-refractivity contribution is 0.404. The zero-order valence-electron chi connectivity index (χ0n) is 10.9. The molecule has 1 aromatic heterocycles. The van der Waals surface area contributed by atoms with Gasteiger partial charge in [0.2, 0.25) is 0 Å². The molecule has 0 unspecified atom stereocenters. The molecular formula is C14H18N2O2. The molecule has 4 nitrogen and oxygen atoms in total. The molecule has 0 bridgehead atoms. The number of anilines is 1. The summed E-state index contributed by atoms with van der Waals surface area (Å²) in [4.78, 5) is 0. The quantitative estimate of drug-likeness (QED) is 0.881. The van der Waals surface area contributed by atoms with Gasteiger partial charge in [-0.2, -0.15) is 0 Å². The molecule has 4 heteroatoms. The van der Waals surface area contributed by atoms with Crippen molar-refractivity contribution in [2.75, 3.05) is 19.5 Å². The molecule has 0 amide bonds. The van der Waals surface area contributed by atoms with Gasteiger partial charge < -0.3 is 19.4 Å². The third-order valence-corrected chi connectivity index (χ3v) is 2.78. The van der Waals surface area contributed by atoms with Crippen LogP contribution in [0.4, 0.5) is 5.69 Å². The molecule has 0 spiro atoms. The highest BCUT2D eigenvalue weighted by Crippen LogP contribution is 2.29. The zero-order valence-corrected chi connectivity index (χ0v) is 10.9. The Labute approximate surface area is 107 Å². The molecule has 2 rings (SSSR count). The summed E-state index contributed by atoms with van der Waals surface area (Å²) in [5.74, 6) is 1.62. The summed E-state index contributed by atoms with van der Waals surface area (Å²) >= 11 is 0. The molecule has 18 heavy (non-hydrogen) atoms. The third-order valence-electron chi connectivity index (χ3n) is 2.78. The first kappa shape index (κ1) is 12.4. The summed E-state index contributed by atoms with van der Waals surface area (Å²) in [7, 11) is 5.33. The van der Waals surface area contributed by atoms with Gasteiger partial charge in [0.1, 0.15) is 11.5 Å². The van der Waals surface area contributed by atoms with Gasteiger partial charge in [-0.25, -0.2) is 0 Å². The van der Waals surface area contributed by atoms with Crippen molar-refractivity contribution < 1.29 is 9.47 Å². The lowest BCUT2D eigenvalue weighted by atomic mass is 10.2. The van der Waals surface area contributed by atoms with Crippen molar-refractivity contribution in [1.82, 2.24) is 4.57 Å². The first-order valence-corrected chi connectivity index (χ1v) is 5.79. The van der Waals surface area contributed by atoms with E-state index >= 15 is 0 Å². The Morgan fingerprint density at radius 3 is 2.61 bits per heavy atom. The van der Waals surface area contributed by atoms with Gasteiger partial charge in [0, 0.05) is 32.1 Å². The van der Waals surface area contributed by atoms with Gasteiger partial charge in [-0.15, -0.1) is 0 Å². The third kappa shape index (κ3) is 2.77. The highest BCUT2D eigenvalue weighted by molar-refractivity contribution is 5.59. The Morgan fingerprint density at radius 2 is 2.00 bits per heavy atom. The van der Waals surface area contributed by atoms with E-state index in [4.69, 9.17) is 9.47 Å². The number of methoxy groups -OCH3 is 2. The fraction of sp³-hybridized carbons (Fsp3) is 0.286. The molecule has 1 heterocycles. The summed E-state index contributed by atoms with van der Waals surface area (Å²) in [6.07, 6.45) is 4.11. The minimum absolute atomic E-state index is 0.754. The Kier molecular flexibility index (Phi) is 3.77. The fourth-order valence-electron chi connectivity index (χ4n) is 1.82. The van der Waals surface area contributed by atoms with Crippen LogP contribution in [0.1, 0.15) is 5.56 Å². The van der Waals surface area contributed by atoms with Crippen molar-refractivity contribution in [3.05, 3.63) is 42.2 Å². The van der Waals surface area contributed by atoms with Crippen LogP contribution >= 0.6 is 0 Å². The summed E-state index contributed by atoms with van der Waals surface area (Å²) in [6.45, 7) is 0.754. The van der Waals surface area contributed by atoms with Crippen LogP contribution in [-0.4, -0.2) is 18.8 Å². The molecule has 0 saturated heterocycles. The number of ether oxygens (including phenoxy) is 2. The fourth-order valence-corrected chi connectivity index (χ4v) is 1.82. The van der Waals surface area contributed by atoms with Crippen LogP contribution in [0.2, 0.25) is 0 Å². The maximum absolute atomic E-state index is 5.32. The molecule has 1 aromatic carbocycles. The first-order valence-electron chi connectivity index (χ1n) is 5.79. The summed E-state index contributed by atoms with van der Waals surface area (Å²) in [5, 5.41) is 3.35. The second-order valence-corrected chi connectivity index (χ2v) is 4.10. The van der Waals surface area contributed by atoms with E-state index in [2.05, 4.69) is 17.6 Å². The first-order chi connectivity index (χ1) is 8.72. The maximum Gasteiger partial charge on any atom is 0.142 e. The lowest BCUT2D eigenvalue weighted by Crippen LogP contribution is -2.01. The molecule has 0 atom stereocenters. The molecule has 0 radical (unpaired) electrons. The van der Waals surface area contributed by atoms with Crippen molar-refractivity contribution in [2.45, 2.75) is 6.54 Å². The van der Waals surface area contributed by atoms with E-state index in [0.29, 0.717) is 0 Å². The number of hydrogen-bond acceptors (Lipinski definition) is 3. The average Bonchev–Trinajstić information content (AvgIpc) is 2.81. The highest BCUT2D eigenvalue weighted by Gasteiger charge is 2.04. The summed E-state index contributed by atoms with van der Waals surface area (Å²) in [6, 6.07) is 7.79. The van der Waals surface area contributed by atoms with Crippen LogP contribution < -0.4 is 14.8 Å². The Bertz CT molecular complexity index is 520. The zero-order chi connectivity index (χ0) is 13.0. The maximum atomic E-state index is 5.32. The Hall–Kier alpha value is -2.10. The van der Waals surface area contributed by atoms with Gasteiger partial charge in [0.05, 0.1) is 19.9 Å². The van der Waals surface area contributed by atoms with Crippen molar-refractivity contribution in [2.24, 2.45) is 7.05 Å². The minimum atomic E-state index is 0.754. The van der Waals surface area contributed by atoms with E-state index in [1.54, 1.807) is 14.2 Å². The number of nitrogens with one attached hydrogen (secondary N) is 1. The van der Waals surface area contributed by atoms with Gasteiger partial charge in [-0.05, 0) is 23.8 Å². The monoisotopic (exact) mass is 246 g/mol. The van der Waals surface area contributed by atoms with Gasteiger partial charge in [-0.3, -0.25) is 0 Å². The van der Waals surface area contributed by atoms with E-state index in [1.165, 1.54) is 5.56 Å². The lowest BCUT2D eigenvalue weighted by Gasteiger charge is -2.12. The van der Waals surface area contributed by atoms with Crippen molar-refractivity contribution in [3.63, 3.8) is 0 Å². The second-order valence-electron chi connectivity index (χ2n) is 4.10. The Balaban J connectivity index is 2.11. The van der Waals surface area contributed by atoms with E-state index < -0.39 is 0 Å². The number of nitrogens with zero attached hydrogens (tertiary/aromatic N) is 1. The van der Waals surface area contributed by atoms with Crippen LogP contribution in [0.3, 0.4) is 0 Å². The van der Waals surface area contributed by atoms with E-state index in [-0.39, 0.29) is 0 Å². The van der Waals surface area contributed by atoms with Crippen molar-refractivity contribution in [3.8, 4) is 11.5 Å². The number of aromatic nitrogens is 1.